The number of nitrogens with one attached hydrogen (secondary N) is 1. The fourth-order valence-corrected chi connectivity index (χ4v) is 3.24. The molecule has 0 saturated heterocycles. The van der Waals surface area contributed by atoms with Gasteiger partial charge in [-0.1, -0.05) is 23.9 Å². The summed E-state index contributed by atoms with van der Waals surface area (Å²) >= 11 is 1.96. The number of para-hydroxylation sites is 1. The molecule has 1 aliphatic heterocycles. The molecule has 0 radical (unpaired) electrons. The zero-order valence-corrected chi connectivity index (χ0v) is 8.86. The van der Waals surface area contributed by atoms with Crippen molar-refractivity contribution in [3.8, 4) is 0 Å². The third-order valence-electron chi connectivity index (χ3n) is 2.82. The SMILES string of the molecule is c1ccc2c(c1)NC1=C(CCCC1)S2. The lowest BCUT2D eigenvalue weighted by Crippen LogP contribution is -2.11. The zero-order chi connectivity index (χ0) is 9.38. The van der Waals surface area contributed by atoms with Gasteiger partial charge in [0, 0.05) is 15.5 Å². The highest BCUT2D eigenvalue weighted by molar-refractivity contribution is 8.03. The molecule has 1 aliphatic carbocycles. The zero-order valence-electron chi connectivity index (χ0n) is 8.05. The molecule has 3 rings (SSSR count). The number of fused-ring (bicyclic) bond motifs is 1. The van der Waals surface area contributed by atoms with Crippen LogP contribution in [0.25, 0.3) is 0 Å². The van der Waals surface area contributed by atoms with Crippen LogP contribution in [0.4, 0.5) is 5.69 Å². The molecular formula is C12H13NS. The lowest BCUT2D eigenvalue weighted by molar-refractivity contribution is 0.695. The summed E-state index contributed by atoms with van der Waals surface area (Å²) in [5.41, 5.74) is 2.76. The number of anilines is 1. The average Bonchev–Trinajstić information content (AvgIpc) is 2.26. The van der Waals surface area contributed by atoms with Crippen LogP contribution in [-0.4, -0.2) is 0 Å². The highest BCUT2D eigenvalue weighted by Gasteiger charge is 2.19. The van der Waals surface area contributed by atoms with Crippen LogP contribution in [0.3, 0.4) is 0 Å². The highest BCUT2D eigenvalue weighted by Crippen LogP contribution is 2.44. The first-order valence-corrected chi connectivity index (χ1v) is 6.01. The van der Waals surface area contributed by atoms with Crippen molar-refractivity contribution in [1.29, 1.82) is 0 Å². The number of hydrogen-bond donors (Lipinski definition) is 1. The van der Waals surface area contributed by atoms with Crippen molar-refractivity contribution in [3.05, 3.63) is 34.9 Å². The van der Waals surface area contributed by atoms with Gasteiger partial charge in [0.05, 0.1) is 5.69 Å². The van der Waals surface area contributed by atoms with Gasteiger partial charge in [-0.3, -0.25) is 0 Å². The van der Waals surface area contributed by atoms with Crippen LogP contribution in [0.15, 0.2) is 39.8 Å². The maximum Gasteiger partial charge on any atom is 0.0523 e. The molecule has 0 unspecified atom stereocenters. The Morgan fingerprint density at radius 2 is 1.93 bits per heavy atom. The van der Waals surface area contributed by atoms with Crippen molar-refractivity contribution in [3.63, 3.8) is 0 Å². The number of thioether (sulfide) groups is 1. The summed E-state index contributed by atoms with van der Waals surface area (Å²) in [6.07, 6.45) is 5.20. The van der Waals surface area contributed by atoms with Gasteiger partial charge in [-0.25, -0.2) is 0 Å². The molecule has 2 heteroatoms. The lowest BCUT2D eigenvalue weighted by atomic mass is 10.0. The Balaban J connectivity index is 1.99. The number of allylic oxidation sites excluding steroid dienone is 2. The Bertz CT molecular complexity index is 358. The molecule has 0 spiro atoms. The number of hydrogen-bond acceptors (Lipinski definition) is 2. The molecule has 0 amide bonds. The van der Waals surface area contributed by atoms with Crippen molar-refractivity contribution < 1.29 is 0 Å². The van der Waals surface area contributed by atoms with Gasteiger partial charge in [0.2, 0.25) is 0 Å². The standard InChI is InChI=1S/C12H13NS/c1-3-7-11-9(5-1)13-10-6-2-4-8-12(10)14-11/h1,3,5,7,13H,2,4,6,8H2. The minimum absolute atomic E-state index is 1.23. The van der Waals surface area contributed by atoms with Gasteiger partial charge in [-0.15, -0.1) is 0 Å². The molecule has 0 bridgehead atoms. The van der Waals surface area contributed by atoms with E-state index in [0.717, 1.165) is 0 Å². The molecule has 0 aromatic heterocycles. The summed E-state index contributed by atoms with van der Waals surface area (Å²) in [6, 6.07) is 8.58. The second kappa shape index (κ2) is 3.35. The Kier molecular flexibility index (Phi) is 2.02. The van der Waals surface area contributed by atoms with Crippen LogP contribution in [0, 0.1) is 0 Å². The normalized spacial score (nSPS) is 19.7. The molecule has 72 valence electrons. The van der Waals surface area contributed by atoms with E-state index in [1.807, 2.05) is 11.8 Å². The quantitative estimate of drug-likeness (QED) is 0.684. The number of rotatable bonds is 0. The van der Waals surface area contributed by atoms with Crippen LogP contribution >= 0.6 is 11.8 Å². The van der Waals surface area contributed by atoms with Crippen molar-refractivity contribution in [2.45, 2.75) is 30.6 Å². The smallest absolute Gasteiger partial charge is 0.0523 e. The molecule has 1 N–H and O–H groups in total. The second-order valence-corrected chi connectivity index (χ2v) is 4.97. The third kappa shape index (κ3) is 1.34. The molecule has 0 atom stereocenters. The molecule has 1 nitrogen and oxygen atoms in total. The highest BCUT2D eigenvalue weighted by atomic mass is 32.2. The molecule has 14 heavy (non-hydrogen) atoms. The van der Waals surface area contributed by atoms with E-state index in [4.69, 9.17) is 0 Å². The third-order valence-corrected chi connectivity index (χ3v) is 4.10. The number of benzene rings is 1. The van der Waals surface area contributed by atoms with Gasteiger partial charge in [0.15, 0.2) is 0 Å². The van der Waals surface area contributed by atoms with Crippen molar-refractivity contribution in [1.82, 2.24) is 0 Å². The van der Waals surface area contributed by atoms with Gasteiger partial charge in [-0.2, -0.15) is 0 Å². The van der Waals surface area contributed by atoms with E-state index in [0.29, 0.717) is 0 Å². The van der Waals surface area contributed by atoms with E-state index >= 15 is 0 Å². The Morgan fingerprint density at radius 1 is 1.07 bits per heavy atom. The van der Waals surface area contributed by atoms with Gasteiger partial charge in [0.1, 0.15) is 0 Å². The maximum atomic E-state index is 3.56. The van der Waals surface area contributed by atoms with Gasteiger partial charge in [-0.05, 0) is 37.8 Å². The van der Waals surface area contributed by atoms with Crippen LogP contribution in [0.2, 0.25) is 0 Å². The average molecular weight is 203 g/mol. The van der Waals surface area contributed by atoms with E-state index in [1.165, 1.54) is 42.0 Å². The Hall–Kier alpha value is -0.890. The van der Waals surface area contributed by atoms with E-state index in [2.05, 4.69) is 29.6 Å². The second-order valence-electron chi connectivity index (χ2n) is 3.83. The largest absolute Gasteiger partial charge is 0.357 e. The van der Waals surface area contributed by atoms with Crippen LogP contribution < -0.4 is 5.32 Å². The molecule has 1 aromatic carbocycles. The first-order valence-electron chi connectivity index (χ1n) is 5.19. The predicted octanol–water partition coefficient (Wildman–Crippen LogP) is 3.99. The first kappa shape index (κ1) is 8.42. The molecule has 2 aliphatic rings. The molecule has 0 saturated carbocycles. The van der Waals surface area contributed by atoms with Crippen LogP contribution in [0.5, 0.6) is 0 Å². The summed E-state index contributed by atoms with van der Waals surface area (Å²) in [4.78, 5) is 2.95. The van der Waals surface area contributed by atoms with Crippen molar-refractivity contribution in [2.24, 2.45) is 0 Å². The monoisotopic (exact) mass is 203 g/mol. The summed E-state index contributed by atoms with van der Waals surface area (Å²) < 4.78 is 0. The molecule has 1 heterocycles. The van der Waals surface area contributed by atoms with Crippen molar-refractivity contribution in [2.75, 3.05) is 5.32 Å². The van der Waals surface area contributed by atoms with Crippen LogP contribution in [-0.2, 0) is 0 Å². The Morgan fingerprint density at radius 3 is 2.93 bits per heavy atom. The molecule has 1 aromatic rings. The first-order chi connectivity index (χ1) is 6.93. The summed E-state index contributed by atoms with van der Waals surface area (Å²) in [7, 11) is 0. The molecular weight excluding hydrogens is 190 g/mol. The predicted molar refractivity (Wildman–Crippen MR) is 61.4 cm³/mol. The van der Waals surface area contributed by atoms with Gasteiger partial charge < -0.3 is 5.32 Å². The van der Waals surface area contributed by atoms with E-state index in [1.54, 1.807) is 4.91 Å². The topological polar surface area (TPSA) is 12.0 Å². The fourth-order valence-electron chi connectivity index (χ4n) is 2.08. The summed E-state index contributed by atoms with van der Waals surface area (Å²) in [6.45, 7) is 0. The van der Waals surface area contributed by atoms with Gasteiger partial charge >= 0.3 is 0 Å². The minimum Gasteiger partial charge on any atom is -0.357 e. The van der Waals surface area contributed by atoms with Crippen LogP contribution in [0.1, 0.15) is 25.7 Å². The molecule has 0 fully saturated rings. The van der Waals surface area contributed by atoms with E-state index < -0.39 is 0 Å². The van der Waals surface area contributed by atoms with E-state index in [-0.39, 0.29) is 0 Å². The maximum absolute atomic E-state index is 3.56. The lowest BCUT2D eigenvalue weighted by Gasteiger charge is -2.27. The van der Waals surface area contributed by atoms with E-state index in [9.17, 15) is 0 Å². The van der Waals surface area contributed by atoms with Crippen molar-refractivity contribution >= 4 is 17.4 Å². The summed E-state index contributed by atoms with van der Waals surface area (Å²) in [5, 5.41) is 3.56. The fraction of sp³-hybridized carbons (Fsp3) is 0.333. The minimum atomic E-state index is 1.23. The summed E-state index contributed by atoms with van der Waals surface area (Å²) in [5.74, 6) is 0. The Labute approximate surface area is 88.6 Å². The van der Waals surface area contributed by atoms with Gasteiger partial charge in [0.25, 0.3) is 0 Å².